The summed E-state index contributed by atoms with van der Waals surface area (Å²) in [6.45, 7) is 0.727. The number of anilines is 1. The molecule has 0 spiro atoms. The second kappa shape index (κ2) is 6.51. The van der Waals surface area contributed by atoms with E-state index in [0.717, 1.165) is 24.2 Å². The van der Waals surface area contributed by atoms with Gasteiger partial charge in [-0.25, -0.2) is 4.98 Å². The molecular formula is C14H15N3O3. The van der Waals surface area contributed by atoms with Crippen LogP contribution in [-0.2, 0) is 6.42 Å². The predicted octanol–water partition coefficient (Wildman–Crippen LogP) is 2.65. The topological polar surface area (TPSA) is 77.3 Å². The van der Waals surface area contributed by atoms with Gasteiger partial charge in [-0.05, 0) is 18.1 Å². The summed E-state index contributed by atoms with van der Waals surface area (Å²) in [5.41, 5.74) is 2.09. The third kappa shape index (κ3) is 3.68. The Balaban J connectivity index is 1.87. The van der Waals surface area contributed by atoms with E-state index in [2.05, 4.69) is 10.3 Å². The van der Waals surface area contributed by atoms with Crippen molar-refractivity contribution in [2.75, 3.05) is 19.0 Å². The van der Waals surface area contributed by atoms with Crippen molar-refractivity contribution in [2.45, 2.75) is 6.42 Å². The monoisotopic (exact) mass is 273 g/mol. The Kier molecular flexibility index (Phi) is 4.49. The zero-order valence-electron chi connectivity index (χ0n) is 11.1. The summed E-state index contributed by atoms with van der Waals surface area (Å²) in [7, 11) is 1.57. The van der Waals surface area contributed by atoms with Gasteiger partial charge in [0.15, 0.2) is 0 Å². The average molecular weight is 273 g/mol. The molecule has 1 heterocycles. The van der Waals surface area contributed by atoms with E-state index in [1.807, 2.05) is 12.1 Å². The van der Waals surface area contributed by atoms with Gasteiger partial charge in [0.25, 0.3) is 5.69 Å². The maximum Gasteiger partial charge on any atom is 0.269 e. The molecule has 20 heavy (non-hydrogen) atoms. The molecule has 0 saturated heterocycles. The number of hydrogen-bond donors (Lipinski definition) is 1. The zero-order chi connectivity index (χ0) is 14.4. The summed E-state index contributed by atoms with van der Waals surface area (Å²) in [5, 5.41) is 13.8. The molecule has 1 aromatic heterocycles. The van der Waals surface area contributed by atoms with Gasteiger partial charge in [0, 0.05) is 36.6 Å². The van der Waals surface area contributed by atoms with Crippen LogP contribution < -0.4 is 10.1 Å². The number of nitrogens with zero attached hydrogens (tertiary/aromatic N) is 2. The standard InChI is InChI=1S/C14H15N3O3/c1-20-14-10-12(7-9-16-14)15-8-6-11-2-4-13(5-3-11)17(18)19/h2-5,7,9-10H,6,8H2,1H3,(H,15,16). The van der Waals surface area contributed by atoms with Gasteiger partial charge in [-0.15, -0.1) is 0 Å². The Bertz CT molecular complexity index is 584. The highest BCUT2D eigenvalue weighted by Crippen LogP contribution is 2.14. The lowest BCUT2D eigenvalue weighted by Crippen LogP contribution is -2.05. The Morgan fingerprint density at radius 1 is 1.30 bits per heavy atom. The maximum atomic E-state index is 10.5. The molecule has 0 aliphatic heterocycles. The normalized spacial score (nSPS) is 10.1. The minimum absolute atomic E-state index is 0.112. The van der Waals surface area contributed by atoms with Gasteiger partial charge in [0.1, 0.15) is 0 Å². The van der Waals surface area contributed by atoms with Crippen LogP contribution in [0.25, 0.3) is 0 Å². The van der Waals surface area contributed by atoms with Crippen LogP contribution >= 0.6 is 0 Å². The summed E-state index contributed by atoms with van der Waals surface area (Å²) in [5.74, 6) is 0.560. The first-order valence-electron chi connectivity index (χ1n) is 6.16. The van der Waals surface area contributed by atoms with Crippen molar-refractivity contribution in [3.05, 3.63) is 58.3 Å². The molecule has 1 N–H and O–H groups in total. The van der Waals surface area contributed by atoms with Crippen molar-refractivity contribution in [2.24, 2.45) is 0 Å². The number of ether oxygens (including phenoxy) is 1. The van der Waals surface area contributed by atoms with Gasteiger partial charge >= 0.3 is 0 Å². The van der Waals surface area contributed by atoms with Gasteiger partial charge in [-0.3, -0.25) is 10.1 Å². The smallest absolute Gasteiger partial charge is 0.269 e. The van der Waals surface area contributed by atoms with E-state index in [0.29, 0.717) is 5.88 Å². The van der Waals surface area contributed by atoms with E-state index in [1.165, 1.54) is 12.1 Å². The van der Waals surface area contributed by atoms with E-state index in [-0.39, 0.29) is 5.69 Å². The van der Waals surface area contributed by atoms with Gasteiger partial charge in [0.2, 0.25) is 5.88 Å². The fourth-order valence-electron chi connectivity index (χ4n) is 1.77. The zero-order valence-corrected chi connectivity index (χ0v) is 11.1. The minimum Gasteiger partial charge on any atom is -0.481 e. The van der Waals surface area contributed by atoms with E-state index in [1.54, 1.807) is 25.4 Å². The van der Waals surface area contributed by atoms with Crippen LogP contribution in [0.5, 0.6) is 5.88 Å². The Labute approximate surface area is 116 Å². The number of nitro groups is 1. The third-order valence-electron chi connectivity index (χ3n) is 2.83. The van der Waals surface area contributed by atoms with Crippen LogP contribution in [0.15, 0.2) is 42.6 Å². The molecule has 0 bridgehead atoms. The van der Waals surface area contributed by atoms with Crippen LogP contribution in [0.4, 0.5) is 11.4 Å². The highest BCUT2D eigenvalue weighted by molar-refractivity contribution is 5.45. The van der Waals surface area contributed by atoms with Gasteiger partial charge in [-0.1, -0.05) is 12.1 Å². The van der Waals surface area contributed by atoms with Crippen LogP contribution in [0, 0.1) is 10.1 Å². The first-order chi connectivity index (χ1) is 9.69. The molecule has 2 rings (SSSR count). The number of hydrogen-bond acceptors (Lipinski definition) is 5. The molecule has 0 aliphatic rings. The molecule has 0 amide bonds. The first-order valence-corrected chi connectivity index (χ1v) is 6.16. The highest BCUT2D eigenvalue weighted by atomic mass is 16.6. The van der Waals surface area contributed by atoms with E-state index < -0.39 is 4.92 Å². The van der Waals surface area contributed by atoms with Crippen LogP contribution in [0.1, 0.15) is 5.56 Å². The van der Waals surface area contributed by atoms with Crippen molar-refractivity contribution in [3.63, 3.8) is 0 Å². The molecule has 0 saturated carbocycles. The number of nitro benzene ring substituents is 1. The van der Waals surface area contributed by atoms with Gasteiger partial charge in [-0.2, -0.15) is 0 Å². The molecule has 1 aromatic carbocycles. The summed E-state index contributed by atoms with van der Waals surface area (Å²) < 4.78 is 5.04. The van der Waals surface area contributed by atoms with E-state index in [9.17, 15) is 10.1 Å². The van der Waals surface area contributed by atoms with Crippen molar-refractivity contribution in [1.82, 2.24) is 4.98 Å². The van der Waals surface area contributed by atoms with Crippen molar-refractivity contribution in [3.8, 4) is 5.88 Å². The molecule has 6 heteroatoms. The SMILES string of the molecule is COc1cc(NCCc2ccc([N+](=O)[O-])cc2)ccn1. The molecule has 0 radical (unpaired) electrons. The Morgan fingerprint density at radius 2 is 2.05 bits per heavy atom. The van der Waals surface area contributed by atoms with Crippen LogP contribution in [0.2, 0.25) is 0 Å². The number of pyridine rings is 1. The second-order valence-corrected chi connectivity index (χ2v) is 4.19. The lowest BCUT2D eigenvalue weighted by molar-refractivity contribution is -0.384. The van der Waals surface area contributed by atoms with Crippen LogP contribution in [0.3, 0.4) is 0 Å². The average Bonchev–Trinajstić information content (AvgIpc) is 2.48. The summed E-state index contributed by atoms with van der Waals surface area (Å²) in [4.78, 5) is 14.2. The fraction of sp³-hybridized carbons (Fsp3) is 0.214. The maximum absolute atomic E-state index is 10.5. The lowest BCUT2D eigenvalue weighted by atomic mass is 10.1. The highest BCUT2D eigenvalue weighted by Gasteiger charge is 2.03. The number of methoxy groups -OCH3 is 1. The number of rotatable bonds is 6. The first kappa shape index (κ1) is 13.8. The van der Waals surface area contributed by atoms with Crippen molar-refractivity contribution < 1.29 is 9.66 Å². The number of non-ortho nitro benzene ring substituents is 1. The van der Waals surface area contributed by atoms with Gasteiger partial charge < -0.3 is 10.1 Å². The fourth-order valence-corrected chi connectivity index (χ4v) is 1.77. The lowest BCUT2D eigenvalue weighted by Gasteiger charge is -2.07. The minimum atomic E-state index is -0.398. The Morgan fingerprint density at radius 3 is 2.70 bits per heavy atom. The molecule has 2 aromatic rings. The van der Waals surface area contributed by atoms with Crippen molar-refractivity contribution in [1.29, 1.82) is 0 Å². The summed E-state index contributed by atoms with van der Waals surface area (Å²) >= 11 is 0. The van der Waals surface area contributed by atoms with E-state index in [4.69, 9.17) is 4.74 Å². The van der Waals surface area contributed by atoms with E-state index >= 15 is 0 Å². The molecule has 6 nitrogen and oxygen atoms in total. The third-order valence-corrected chi connectivity index (χ3v) is 2.83. The predicted molar refractivity (Wildman–Crippen MR) is 76.1 cm³/mol. The summed E-state index contributed by atoms with van der Waals surface area (Å²) in [6, 6.07) is 10.3. The molecule has 0 unspecified atom stereocenters. The molecule has 104 valence electrons. The number of nitrogens with one attached hydrogen (secondary N) is 1. The van der Waals surface area contributed by atoms with Crippen molar-refractivity contribution >= 4 is 11.4 Å². The molecule has 0 aliphatic carbocycles. The number of aromatic nitrogens is 1. The molecular weight excluding hydrogens is 258 g/mol. The summed E-state index contributed by atoms with van der Waals surface area (Å²) in [6.07, 6.45) is 2.45. The largest absolute Gasteiger partial charge is 0.481 e. The van der Waals surface area contributed by atoms with Gasteiger partial charge in [0.05, 0.1) is 12.0 Å². The van der Waals surface area contributed by atoms with Crippen LogP contribution in [-0.4, -0.2) is 23.6 Å². The second-order valence-electron chi connectivity index (χ2n) is 4.19. The molecule has 0 fully saturated rings. The Hall–Kier alpha value is -2.63. The quantitative estimate of drug-likeness (QED) is 0.646. The molecule has 0 atom stereocenters. The number of benzene rings is 1.